The smallest absolute Gasteiger partial charge is 0.146 e. The monoisotopic (exact) mass is 265 g/mol. The number of anilines is 2. The van der Waals surface area contributed by atoms with Gasteiger partial charge in [0, 0.05) is 31.6 Å². The molecule has 1 fully saturated rings. The van der Waals surface area contributed by atoms with Crippen LogP contribution in [-0.2, 0) is 4.74 Å². The highest BCUT2D eigenvalue weighted by atomic mass is 16.5. The molecule has 0 unspecified atom stereocenters. The van der Waals surface area contributed by atoms with Crippen LogP contribution in [0.15, 0.2) is 6.07 Å². The minimum atomic E-state index is 0.309. The number of ether oxygens (including phenoxy) is 1. The molecule has 0 saturated carbocycles. The van der Waals surface area contributed by atoms with Crippen LogP contribution in [0.25, 0.3) is 0 Å². The van der Waals surface area contributed by atoms with Gasteiger partial charge in [0.25, 0.3) is 0 Å². The Labute approximate surface area is 114 Å². The highest BCUT2D eigenvalue weighted by Crippen LogP contribution is 2.17. The summed E-state index contributed by atoms with van der Waals surface area (Å²) in [7, 11) is 0. The summed E-state index contributed by atoms with van der Waals surface area (Å²) >= 11 is 0. The van der Waals surface area contributed by atoms with Gasteiger partial charge in [-0.25, -0.2) is 15.0 Å². The number of aromatic nitrogens is 2. The van der Waals surface area contributed by atoms with Crippen LogP contribution in [0, 0.1) is 0 Å². The van der Waals surface area contributed by atoms with Gasteiger partial charge in [0.1, 0.15) is 17.5 Å². The van der Waals surface area contributed by atoms with Crippen molar-refractivity contribution in [3.63, 3.8) is 0 Å². The van der Waals surface area contributed by atoms with Gasteiger partial charge >= 0.3 is 0 Å². The molecule has 2 N–H and O–H groups in total. The maximum Gasteiger partial charge on any atom is 0.146 e. The Balaban J connectivity index is 2.12. The lowest BCUT2D eigenvalue weighted by Crippen LogP contribution is -2.40. The highest BCUT2D eigenvalue weighted by molar-refractivity contribution is 5.47. The number of nitrogens with one attached hydrogen (secondary N) is 2. The third kappa shape index (κ3) is 4.04. The summed E-state index contributed by atoms with van der Waals surface area (Å²) in [6, 6.07) is 1.95. The van der Waals surface area contributed by atoms with Crippen LogP contribution in [-0.4, -0.2) is 47.8 Å². The average Bonchev–Trinajstić information content (AvgIpc) is 2.40. The molecule has 0 atom stereocenters. The van der Waals surface area contributed by atoms with Crippen LogP contribution in [0.1, 0.15) is 32.5 Å². The Hall–Kier alpha value is -1.40. The third-order valence-corrected chi connectivity index (χ3v) is 2.90. The normalized spacial score (nSPS) is 16.6. The van der Waals surface area contributed by atoms with Crippen molar-refractivity contribution in [1.82, 2.24) is 15.0 Å². The van der Waals surface area contributed by atoms with E-state index in [1.54, 1.807) is 0 Å². The standard InChI is InChI=1S/C13H23N5O/c1-4-14-11-9-12(16-13(15-11)10(2)3)17-18-5-7-19-8-6-18/h9-10H,4-8H2,1-3H3,(H2,14,15,16,17). The fourth-order valence-electron chi connectivity index (χ4n) is 1.89. The lowest BCUT2D eigenvalue weighted by molar-refractivity contribution is 0.0495. The fraction of sp³-hybridized carbons (Fsp3) is 0.692. The van der Waals surface area contributed by atoms with Crippen molar-refractivity contribution in [3.8, 4) is 0 Å². The second-order valence-corrected chi connectivity index (χ2v) is 4.89. The first-order chi connectivity index (χ1) is 9.19. The topological polar surface area (TPSA) is 62.3 Å². The van der Waals surface area contributed by atoms with E-state index in [0.717, 1.165) is 50.3 Å². The maximum absolute atomic E-state index is 5.33. The zero-order valence-electron chi connectivity index (χ0n) is 11.9. The summed E-state index contributed by atoms with van der Waals surface area (Å²) in [5.74, 6) is 2.88. The molecular formula is C13H23N5O. The van der Waals surface area contributed by atoms with Gasteiger partial charge in [0.2, 0.25) is 0 Å². The van der Waals surface area contributed by atoms with Gasteiger partial charge in [0.15, 0.2) is 0 Å². The maximum atomic E-state index is 5.33. The zero-order valence-corrected chi connectivity index (χ0v) is 11.9. The van der Waals surface area contributed by atoms with Gasteiger partial charge in [-0.3, -0.25) is 0 Å². The Kier molecular flexibility index (Phi) is 4.93. The average molecular weight is 265 g/mol. The molecule has 0 bridgehead atoms. The first-order valence-electron chi connectivity index (χ1n) is 6.91. The van der Waals surface area contributed by atoms with Crippen molar-refractivity contribution in [2.45, 2.75) is 26.7 Å². The van der Waals surface area contributed by atoms with Crippen molar-refractivity contribution < 1.29 is 4.74 Å². The predicted molar refractivity (Wildman–Crippen MR) is 76.3 cm³/mol. The Morgan fingerprint density at radius 1 is 1.26 bits per heavy atom. The molecule has 0 aliphatic carbocycles. The molecule has 106 valence electrons. The van der Waals surface area contributed by atoms with E-state index in [2.05, 4.69) is 46.5 Å². The SMILES string of the molecule is CCNc1cc(NN2CCOCC2)nc(C(C)C)n1. The largest absolute Gasteiger partial charge is 0.379 e. The van der Waals surface area contributed by atoms with E-state index in [9.17, 15) is 0 Å². The molecule has 0 amide bonds. The summed E-state index contributed by atoms with van der Waals surface area (Å²) in [5.41, 5.74) is 3.34. The van der Waals surface area contributed by atoms with Crippen molar-refractivity contribution in [3.05, 3.63) is 11.9 Å². The van der Waals surface area contributed by atoms with Gasteiger partial charge in [0.05, 0.1) is 13.2 Å². The fourth-order valence-corrected chi connectivity index (χ4v) is 1.89. The minimum absolute atomic E-state index is 0.309. The van der Waals surface area contributed by atoms with E-state index >= 15 is 0 Å². The van der Waals surface area contributed by atoms with Crippen LogP contribution in [0.4, 0.5) is 11.6 Å². The third-order valence-electron chi connectivity index (χ3n) is 2.90. The molecule has 1 aromatic rings. The van der Waals surface area contributed by atoms with E-state index in [1.165, 1.54) is 0 Å². The molecule has 1 aromatic heterocycles. The molecule has 1 aliphatic rings. The summed E-state index contributed by atoms with van der Waals surface area (Å²) in [6.45, 7) is 10.4. The molecule has 2 rings (SSSR count). The van der Waals surface area contributed by atoms with Gasteiger partial charge in [-0.1, -0.05) is 13.8 Å². The second kappa shape index (κ2) is 6.68. The molecular weight excluding hydrogens is 242 g/mol. The number of rotatable bonds is 5. The van der Waals surface area contributed by atoms with Gasteiger partial charge < -0.3 is 15.5 Å². The minimum Gasteiger partial charge on any atom is -0.379 e. The molecule has 2 heterocycles. The van der Waals surface area contributed by atoms with Crippen LogP contribution >= 0.6 is 0 Å². The Bertz CT molecular complexity index is 404. The zero-order chi connectivity index (χ0) is 13.7. The lowest BCUT2D eigenvalue weighted by Gasteiger charge is -2.27. The van der Waals surface area contributed by atoms with Crippen LogP contribution in [0.2, 0.25) is 0 Å². The predicted octanol–water partition coefficient (Wildman–Crippen LogP) is 1.69. The number of nitrogens with zero attached hydrogens (tertiary/aromatic N) is 3. The van der Waals surface area contributed by atoms with Gasteiger partial charge in [-0.15, -0.1) is 0 Å². The first kappa shape index (κ1) is 14.0. The van der Waals surface area contributed by atoms with Crippen molar-refractivity contribution in [1.29, 1.82) is 0 Å². The number of morpholine rings is 1. The quantitative estimate of drug-likeness (QED) is 0.845. The number of hydrogen-bond donors (Lipinski definition) is 2. The van der Waals surface area contributed by atoms with Crippen molar-refractivity contribution >= 4 is 11.6 Å². The van der Waals surface area contributed by atoms with Gasteiger partial charge in [-0.2, -0.15) is 0 Å². The first-order valence-corrected chi connectivity index (χ1v) is 6.91. The molecule has 6 nitrogen and oxygen atoms in total. The van der Waals surface area contributed by atoms with E-state index in [-0.39, 0.29) is 0 Å². The molecule has 19 heavy (non-hydrogen) atoms. The summed E-state index contributed by atoms with van der Waals surface area (Å²) in [5, 5.41) is 5.38. The number of hydrogen-bond acceptors (Lipinski definition) is 6. The highest BCUT2D eigenvalue weighted by Gasteiger charge is 2.13. The second-order valence-electron chi connectivity index (χ2n) is 4.89. The van der Waals surface area contributed by atoms with Crippen molar-refractivity contribution in [2.75, 3.05) is 43.6 Å². The molecule has 6 heteroatoms. The van der Waals surface area contributed by atoms with Gasteiger partial charge in [-0.05, 0) is 6.92 Å². The van der Waals surface area contributed by atoms with Crippen molar-refractivity contribution in [2.24, 2.45) is 0 Å². The van der Waals surface area contributed by atoms with E-state index in [1.807, 2.05) is 6.07 Å². The van der Waals surface area contributed by atoms with E-state index in [4.69, 9.17) is 4.74 Å². The number of hydrazine groups is 1. The van der Waals surface area contributed by atoms with E-state index < -0.39 is 0 Å². The lowest BCUT2D eigenvalue weighted by atomic mass is 10.2. The van der Waals surface area contributed by atoms with Crippen LogP contribution < -0.4 is 10.7 Å². The Morgan fingerprint density at radius 2 is 1.95 bits per heavy atom. The molecule has 0 radical (unpaired) electrons. The Morgan fingerprint density at radius 3 is 2.58 bits per heavy atom. The van der Waals surface area contributed by atoms with E-state index in [0.29, 0.717) is 5.92 Å². The molecule has 0 aromatic carbocycles. The summed E-state index contributed by atoms with van der Waals surface area (Å²) < 4.78 is 5.33. The summed E-state index contributed by atoms with van der Waals surface area (Å²) in [4.78, 5) is 9.07. The van der Waals surface area contributed by atoms with Crippen LogP contribution in [0.3, 0.4) is 0 Å². The van der Waals surface area contributed by atoms with Crippen LogP contribution in [0.5, 0.6) is 0 Å². The summed E-state index contributed by atoms with van der Waals surface area (Å²) in [6.07, 6.45) is 0. The molecule has 0 spiro atoms. The molecule has 1 saturated heterocycles. The molecule has 1 aliphatic heterocycles.